The zero-order chi connectivity index (χ0) is 15.3. The predicted octanol–water partition coefficient (Wildman–Crippen LogP) is 3.04. The largest absolute Gasteiger partial charge is 0.508 e. The summed E-state index contributed by atoms with van der Waals surface area (Å²) in [5.74, 6) is 0.293. The molecule has 21 heavy (non-hydrogen) atoms. The van der Waals surface area contributed by atoms with Crippen molar-refractivity contribution in [2.75, 3.05) is 18.0 Å². The Hall–Kier alpha value is -1.55. The molecule has 4 nitrogen and oxygen atoms in total. The average molecular weight is 290 g/mol. The van der Waals surface area contributed by atoms with Crippen molar-refractivity contribution >= 4 is 11.6 Å². The van der Waals surface area contributed by atoms with Gasteiger partial charge in [0.2, 0.25) is 5.91 Å². The molecule has 0 unspecified atom stereocenters. The Kier molecular flexibility index (Phi) is 5.23. The molecule has 1 aromatic carbocycles. The molecule has 1 amide bonds. The number of carbonyl (C=O) groups excluding carboxylic acids is 1. The van der Waals surface area contributed by atoms with Crippen molar-refractivity contribution in [3.63, 3.8) is 0 Å². The number of phenols is 1. The van der Waals surface area contributed by atoms with Crippen LogP contribution in [0.25, 0.3) is 0 Å². The first-order valence-electron chi connectivity index (χ1n) is 7.94. The average Bonchev–Trinajstić information content (AvgIpc) is 2.74. The van der Waals surface area contributed by atoms with E-state index in [4.69, 9.17) is 5.73 Å². The molecule has 0 saturated heterocycles. The van der Waals surface area contributed by atoms with Crippen LogP contribution in [-0.4, -0.2) is 24.1 Å². The molecular weight excluding hydrogens is 264 g/mol. The number of benzene rings is 1. The summed E-state index contributed by atoms with van der Waals surface area (Å²) in [5.41, 5.74) is 6.33. The lowest BCUT2D eigenvalue weighted by molar-refractivity contribution is -0.128. The molecule has 0 aromatic heterocycles. The molecule has 0 spiro atoms. The fourth-order valence-electron chi connectivity index (χ4n) is 3.30. The molecule has 3 N–H and O–H groups in total. The molecule has 0 bridgehead atoms. The Morgan fingerprint density at radius 3 is 2.48 bits per heavy atom. The summed E-state index contributed by atoms with van der Waals surface area (Å²) in [7, 11) is 0. The van der Waals surface area contributed by atoms with Crippen molar-refractivity contribution in [2.24, 2.45) is 11.1 Å². The summed E-state index contributed by atoms with van der Waals surface area (Å²) in [4.78, 5) is 14.9. The number of anilines is 1. The van der Waals surface area contributed by atoms with Crippen LogP contribution in [0, 0.1) is 5.41 Å². The van der Waals surface area contributed by atoms with Gasteiger partial charge >= 0.3 is 0 Å². The van der Waals surface area contributed by atoms with Gasteiger partial charge in [-0.05, 0) is 31.9 Å². The van der Waals surface area contributed by atoms with E-state index in [9.17, 15) is 9.90 Å². The van der Waals surface area contributed by atoms with E-state index in [0.29, 0.717) is 13.1 Å². The minimum absolute atomic E-state index is 0.111. The summed E-state index contributed by atoms with van der Waals surface area (Å²) in [6, 6.07) is 6.89. The van der Waals surface area contributed by atoms with Gasteiger partial charge in [0, 0.05) is 24.8 Å². The normalized spacial score (nSPS) is 18.0. The van der Waals surface area contributed by atoms with Crippen molar-refractivity contribution in [1.29, 1.82) is 0 Å². The van der Waals surface area contributed by atoms with Gasteiger partial charge in [-0.15, -0.1) is 0 Å². The highest BCUT2D eigenvalue weighted by Crippen LogP contribution is 2.37. The highest BCUT2D eigenvalue weighted by molar-refractivity contribution is 5.98. The number of carbonyl (C=O) groups is 1. The first-order chi connectivity index (χ1) is 10.1. The van der Waals surface area contributed by atoms with Gasteiger partial charge < -0.3 is 15.7 Å². The third kappa shape index (κ3) is 3.38. The summed E-state index contributed by atoms with van der Waals surface area (Å²) in [6.07, 6.45) is 6.26. The number of phenolic OH excluding ortho intramolecular Hbond substituents is 1. The van der Waals surface area contributed by atoms with Crippen LogP contribution < -0.4 is 10.6 Å². The molecule has 116 valence electrons. The summed E-state index contributed by atoms with van der Waals surface area (Å²) < 4.78 is 0. The zero-order valence-electron chi connectivity index (χ0n) is 12.8. The number of amides is 1. The second-order valence-corrected chi connectivity index (χ2v) is 5.97. The number of rotatable bonds is 4. The van der Waals surface area contributed by atoms with Gasteiger partial charge in [0.25, 0.3) is 0 Å². The second kappa shape index (κ2) is 6.94. The van der Waals surface area contributed by atoms with Gasteiger partial charge in [0.15, 0.2) is 0 Å². The van der Waals surface area contributed by atoms with Crippen molar-refractivity contribution in [2.45, 2.75) is 45.4 Å². The SMILES string of the molecule is CCN(C(=O)C1(CN)CCCCCC1)c1cccc(O)c1. The Labute approximate surface area is 126 Å². The quantitative estimate of drug-likeness (QED) is 0.838. The number of nitrogens with zero attached hydrogens (tertiary/aromatic N) is 1. The van der Waals surface area contributed by atoms with Crippen LogP contribution in [-0.2, 0) is 4.79 Å². The van der Waals surface area contributed by atoms with Crippen LogP contribution in [0.3, 0.4) is 0 Å². The van der Waals surface area contributed by atoms with Crippen molar-refractivity contribution in [3.05, 3.63) is 24.3 Å². The van der Waals surface area contributed by atoms with Gasteiger partial charge in [-0.2, -0.15) is 0 Å². The fraction of sp³-hybridized carbons (Fsp3) is 0.588. The van der Waals surface area contributed by atoms with Crippen molar-refractivity contribution in [3.8, 4) is 5.75 Å². The third-order valence-corrected chi connectivity index (χ3v) is 4.61. The Bertz CT molecular complexity index is 479. The van der Waals surface area contributed by atoms with E-state index in [1.165, 1.54) is 12.8 Å². The monoisotopic (exact) mass is 290 g/mol. The van der Waals surface area contributed by atoms with E-state index in [-0.39, 0.29) is 11.7 Å². The number of hydrogen-bond donors (Lipinski definition) is 2. The summed E-state index contributed by atoms with van der Waals surface area (Å²) in [6.45, 7) is 2.95. The van der Waals surface area contributed by atoms with E-state index in [1.807, 2.05) is 13.0 Å². The maximum Gasteiger partial charge on any atom is 0.234 e. The van der Waals surface area contributed by atoms with Gasteiger partial charge in [0.05, 0.1) is 5.41 Å². The lowest BCUT2D eigenvalue weighted by Gasteiger charge is -2.35. The Morgan fingerprint density at radius 2 is 1.95 bits per heavy atom. The molecule has 0 radical (unpaired) electrons. The Balaban J connectivity index is 2.29. The molecule has 4 heteroatoms. The topological polar surface area (TPSA) is 66.6 Å². The molecule has 1 aliphatic rings. The maximum absolute atomic E-state index is 13.1. The van der Waals surface area contributed by atoms with E-state index in [1.54, 1.807) is 23.1 Å². The lowest BCUT2D eigenvalue weighted by atomic mass is 9.79. The van der Waals surface area contributed by atoms with E-state index < -0.39 is 5.41 Å². The van der Waals surface area contributed by atoms with Crippen LogP contribution in [0.2, 0.25) is 0 Å². The first kappa shape index (κ1) is 15.8. The van der Waals surface area contributed by atoms with Crippen LogP contribution >= 0.6 is 0 Å². The van der Waals surface area contributed by atoms with Gasteiger partial charge in [0.1, 0.15) is 5.75 Å². The molecular formula is C17H26N2O2. The van der Waals surface area contributed by atoms with Crippen LogP contribution in [0.4, 0.5) is 5.69 Å². The highest BCUT2D eigenvalue weighted by Gasteiger charge is 2.40. The first-order valence-corrected chi connectivity index (χ1v) is 7.94. The Morgan fingerprint density at radius 1 is 1.29 bits per heavy atom. The predicted molar refractivity (Wildman–Crippen MR) is 85.3 cm³/mol. The van der Waals surface area contributed by atoms with Crippen LogP contribution in [0.15, 0.2) is 24.3 Å². The standard InChI is InChI=1S/C17H26N2O2/c1-2-19(14-8-7-9-15(20)12-14)16(21)17(13-18)10-5-3-4-6-11-17/h7-9,12,20H,2-6,10-11,13,18H2,1H3. The third-order valence-electron chi connectivity index (χ3n) is 4.61. The van der Waals surface area contributed by atoms with Gasteiger partial charge in [-0.1, -0.05) is 31.7 Å². The summed E-state index contributed by atoms with van der Waals surface area (Å²) >= 11 is 0. The molecule has 0 atom stereocenters. The van der Waals surface area contributed by atoms with E-state index in [2.05, 4.69) is 0 Å². The lowest BCUT2D eigenvalue weighted by Crippen LogP contribution is -2.48. The molecule has 2 rings (SSSR count). The molecule has 1 fully saturated rings. The van der Waals surface area contributed by atoms with Crippen molar-refractivity contribution < 1.29 is 9.90 Å². The summed E-state index contributed by atoms with van der Waals surface area (Å²) in [5, 5.41) is 9.65. The molecule has 0 aliphatic heterocycles. The van der Waals surface area contributed by atoms with E-state index in [0.717, 1.165) is 31.4 Å². The zero-order valence-corrected chi connectivity index (χ0v) is 12.8. The molecule has 1 saturated carbocycles. The molecule has 1 aromatic rings. The molecule has 1 aliphatic carbocycles. The smallest absolute Gasteiger partial charge is 0.234 e. The van der Waals surface area contributed by atoms with Crippen molar-refractivity contribution in [1.82, 2.24) is 0 Å². The maximum atomic E-state index is 13.1. The highest BCUT2D eigenvalue weighted by atomic mass is 16.3. The number of aromatic hydroxyl groups is 1. The van der Waals surface area contributed by atoms with Crippen LogP contribution in [0.1, 0.15) is 45.4 Å². The molecule has 0 heterocycles. The minimum atomic E-state index is -0.433. The second-order valence-electron chi connectivity index (χ2n) is 5.97. The van der Waals surface area contributed by atoms with E-state index >= 15 is 0 Å². The van der Waals surface area contributed by atoms with Gasteiger partial charge in [-0.3, -0.25) is 4.79 Å². The van der Waals surface area contributed by atoms with Gasteiger partial charge in [-0.25, -0.2) is 0 Å². The van der Waals surface area contributed by atoms with Crippen LogP contribution in [0.5, 0.6) is 5.75 Å². The number of hydrogen-bond acceptors (Lipinski definition) is 3. The fourth-order valence-corrected chi connectivity index (χ4v) is 3.30. The number of nitrogens with two attached hydrogens (primary N) is 1. The minimum Gasteiger partial charge on any atom is -0.508 e.